The van der Waals surface area contributed by atoms with Crippen LogP contribution in [-0.2, 0) is 14.6 Å². The molecule has 0 amide bonds. The summed E-state index contributed by atoms with van der Waals surface area (Å²) in [4.78, 5) is 6.75. The number of rotatable bonds is 7. The van der Waals surface area contributed by atoms with Crippen LogP contribution >= 0.6 is 0 Å². The predicted molar refractivity (Wildman–Crippen MR) is 81.9 cm³/mol. The first-order valence-electron chi connectivity index (χ1n) is 7.16. The number of nitrogens with one attached hydrogen (secondary N) is 1. The smallest absolute Gasteiger partial charge is 0.193 e. The maximum Gasteiger partial charge on any atom is 0.193 e. The number of sulfone groups is 1. The quantitative estimate of drug-likeness (QED) is 0.418. The topological polar surface area (TPSA) is 71.0 Å². The normalized spacial score (nSPS) is 20.4. The van der Waals surface area contributed by atoms with E-state index in [0.717, 1.165) is 38.6 Å². The van der Waals surface area contributed by atoms with Gasteiger partial charge in [0.05, 0.1) is 12.4 Å². The Bertz CT molecular complexity index is 409. The molecule has 1 fully saturated rings. The number of nitrogens with zero attached hydrogens (tertiary/aromatic N) is 2. The van der Waals surface area contributed by atoms with Gasteiger partial charge < -0.3 is 15.0 Å². The second kappa shape index (κ2) is 8.46. The van der Waals surface area contributed by atoms with E-state index in [1.165, 1.54) is 6.26 Å². The molecule has 1 N–H and O–H groups in total. The SMILES string of the molecule is CCNC(=NCCCS(C)(=O)=O)N1CCC(COC)C1. The predicted octanol–water partition coefficient (Wildman–Crippen LogP) is 0.355. The molecular formula is C13H27N3O3S. The number of guanidine groups is 1. The molecule has 1 rings (SSSR count). The van der Waals surface area contributed by atoms with E-state index in [-0.39, 0.29) is 5.75 Å². The fraction of sp³-hybridized carbons (Fsp3) is 0.923. The van der Waals surface area contributed by atoms with Gasteiger partial charge in [-0.1, -0.05) is 0 Å². The van der Waals surface area contributed by atoms with Crippen LogP contribution in [0.3, 0.4) is 0 Å². The highest BCUT2D eigenvalue weighted by atomic mass is 32.2. The maximum atomic E-state index is 11.1. The van der Waals surface area contributed by atoms with Gasteiger partial charge in [-0.3, -0.25) is 4.99 Å². The third-order valence-electron chi connectivity index (χ3n) is 3.26. The van der Waals surface area contributed by atoms with Gasteiger partial charge in [0, 0.05) is 45.5 Å². The summed E-state index contributed by atoms with van der Waals surface area (Å²) in [6, 6.07) is 0. The lowest BCUT2D eigenvalue weighted by Gasteiger charge is -2.21. The number of methoxy groups -OCH3 is 1. The Labute approximate surface area is 122 Å². The van der Waals surface area contributed by atoms with Crippen molar-refractivity contribution in [3.63, 3.8) is 0 Å². The van der Waals surface area contributed by atoms with Crippen LogP contribution in [0, 0.1) is 5.92 Å². The standard InChI is InChI=1S/C13H27N3O3S/c1-4-14-13(15-7-5-9-20(3,17)18)16-8-6-12(10-16)11-19-2/h12H,4-11H2,1-3H3,(H,14,15). The summed E-state index contributed by atoms with van der Waals surface area (Å²) in [6.45, 7) is 6.10. The van der Waals surface area contributed by atoms with Crippen molar-refractivity contribution in [3.05, 3.63) is 0 Å². The summed E-state index contributed by atoms with van der Waals surface area (Å²) in [5.41, 5.74) is 0. The maximum absolute atomic E-state index is 11.1. The average molecular weight is 305 g/mol. The second-order valence-electron chi connectivity index (χ2n) is 5.28. The van der Waals surface area contributed by atoms with Crippen molar-refractivity contribution in [3.8, 4) is 0 Å². The molecule has 0 radical (unpaired) electrons. The average Bonchev–Trinajstić information content (AvgIpc) is 2.81. The summed E-state index contributed by atoms with van der Waals surface area (Å²) < 4.78 is 27.4. The fourth-order valence-corrected chi connectivity index (χ4v) is 2.99. The molecule has 0 aliphatic carbocycles. The van der Waals surface area contributed by atoms with Crippen LogP contribution in [0.2, 0.25) is 0 Å². The third-order valence-corrected chi connectivity index (χ3v) is 4.29. The molecule has 1 aliphatic heterocycles. The molecule has 1 heterocycles. The summed E-state index contributed by atoms with van der Waals surface area (Å²) in [6.07, 6.45) is 2.95. The summed E-state index contributed by atoms with van der Waals surface area (Å²) in [7, 11) is -1.16. The number of hydrogen-bond acceptors (Lipinski definition) is 4. The first-order chi connectivity index (χ1) is 9.46. The molecule has 118 valence electrons. The molecule has 1 saturated heterocycles. The minimum atomic E-state index is -2.89. The van der Waals surface area contributed by atoms with Crippen molar-refractivity contribution in [2.45, 2.75) is 19.8 Å². The third kappa shape index (κ3) is 6.56. The molecule has 1 aliphatic rings. The van der Waals surface area contributed by atoms with Crippen LogP contribution in [0.15, 0.2) is 4.99 Å². The summed E-state index contributed by atoms with van der Waals surface area (Å²) >= 11 is 0. The molecular weight excluding hydrogens is 278 g/mol. The van der Waals surface area contributed by atoms with Crippen molar-refractivity contribution >= 4 is 15.8 Å². The van der Waals surface area contributed by atoms with Crippen LogP contribution in [0.25, 0.3) is 0 Å². The highest BCUT2D eigenvalue weighted by molar-refractivity contribution is 7.90. The van der Waals surface area contributed by atoms with E-state index in [1.54, 1.807) is 7.11 Å². The second-order valence-corrected chi connectivity index (χ2v) is 7.53. The van der Waals surface area contributed by atoms with Gasteiger partial charge in [-0.25, -0.2) is 8.42 Å². The Balaban J connectivity index is 2.47. The van der Waals surface area contributed by atoms with Gasteiger partial charge in [-0.2, -0.15) is 0 Å². The lowest BCUT2D eigenvalue weighted by atomic mass is 10.1. The van der Waals surface area contributed by atoms with Crippen LogP contribution in [0.4, 0.5) is 0 Å². The zero-order valence-corrected chi connectivity index (χ0v) is 13.6. The molecule has 1 unspecified atom stereocenters. The van der Waals surface area contributed by atoms with Gasteiger partial charge in [0.2, 0.25) is 0 Å². The zero-order chi connectivity index (χ0) is 15.0. The summed E-state index contributed by atoms with van der Waals surface area (Å²) in [5.74, 6) is 1.64. The van der Waals surface area contributed by atoms with E-state index >= 15 is 0 Å². The van der Waals surface area contributed by atoms with Crippen molar-refractivity contribution < 1.29 is 13.2 Å². The monoisotopic (exact) mass is 305 g/mol. The van der Waals surface area contributed by atoms with Crippen molar-refractivity contribution in [2.24, 2.45) is 10.9 Å². The molecule has 1 atom stereocenters. The number of likely N-dealkylation sites (tertiary alicyclic amines) is 1. The van der Waals surface area contributed by atoms with Gasteiger partial charge in [-0.05, 0) is 19.8 Å². The van der Waals surface area contributed by atoms with Crippen LogP contribution < -0.4 is 5.32 Å². The molecule has 0 aromatic carbocycles. The Kier molecular flexibility index (Phi) is 7.29. The minimum absolute atomic E-state index is 0.197. The highest BCUT2D eigenvalue weighted by Crippen LogP contribution is 2.16. The van der Waals surface area contributed by atoms with Crippen molar-refractivity contribution in [1.82, 2.24) is 10.2 Å². The van der Waals surface area contributed by atoms with E-state index in [1.807, 2.05) is 6.92 Å². The molecule has 0 aromatic rings. The first-order valence-corrected chi connectivity index (χ1v) is 9.22. The lowest BCUT2D eigenvalue weighted by molar-refractivity contribution is 0.157. The Morgan fingerprint density at radius 3 is 2.85 bits per heavy atom. The molecule has 7 heteroatoms. The van der Waals surface area contributed by atoms with Gasteiger partial charge in [0.25, 0.3) is 0 Å². The zero-order valence-electron chi connectivity index (χ0n) is 12.8. The Morgan fingerprint density at radius 2 is 2.25 bits per heavy atom. The number of ether oxygens (including phenoxy) is 1. The first kappa shape index (κ1) is 17.2. The van der Waals surface area contributed by atoms with Gasteiger partial charge in [-0.15, -0.1) is 0 Å². The minimum Gasteiger partial charge on any atom is -0.384 e. The molecule has 0 bridgehead atoms. The van der Waals surface area contributed by atoms with E-state index in [4.69, 9.17) is 4.74 Å². The van der Waals surface area contributed by atoms with E-state index in [0.29, 0.717) is 18.9 Å². The Hall–Kier alpha value is -0.820. The fourth-order valence-electron chi connectivity index (χ4n) is 2.33. The Morgan fingerprint density at radius 1 is 1.50 bits per heavy atom. The number of aliphatic imine (C=N–C) groups is 1. The van der Waals surface area contributed by atoms with Gasteiger partial charge in [0.1, 0.15) is 9.84 Å². The van der Waals surface area contributed by atoms with Gasteiger partial charge >= 0.3 is 0 Å². The van der Waals surface area contributed by atoms with Crippen molar-refractivity contribution in [2.75, 3.05) is 51.9 Å². The van der Waals surface area contributed by atoms with Crippen LogP contribution in [0.1, 0.15) is 19.8 Å². The lowest BCUT2D eigenvalue weighted by Crippen LogP contribution is -2.40. The van der Waals surface area contributed by atoms with E-state index in [2.05, 4.69) is 15.2 Å². The summed E-state index contributed by atoms with van der Waals surface area (Å²) in [5, 5.41) is 3.27. The number of hydrogen-bond donors (Lipinski definition) is 1. The largest absolute Gasteiger partial charge is 0.384 e. The highest BCUT2D eigenvalue weighted by Gasteiger charge is 2.24. The van der Waals surface area contributed by atoms with Crippen molar-refractivity contribution in [1.29, 1.82) is 0 Å². The molecule has 20 heavy (non-hydrogen) atoms. The molecule has 0 spiro atoms. The van der Waals surface area contributed by atoms with Gasteiger partial charge in [0.15, 0.2) is 5.96 Å². The van der Waals surface area contributed by atoms with Crippen LogP contribution in [-0.4, -0.2) is 71.2 Å². The molecule has 0 aromatic heterocycles. The molecule has 6 nitrogen and oxygen atoms in total. The van der Waals surface area contributed by atoms with Crippen LogP contribution in [0.5, 0.6) is 0 Å². The molecule has 0 saturated carbocycles. The van der Waals surface area contributed by atoms with E-state index < -0.39 is 9.84 Å². The van der Waals surface area contributed by atoms with E-state index in [9.17, 15) is 8.42 Å².